The lowest BCUT2D eigenvalue weighted by Crippen LogP contribution is -2.06. The molecule has 154 valence electrons. The fourth-order valence-corrected chi connectivity index (χ4v) is 6.99. The van der Waals surface area contributed by atoms with E-state index in [-0.39, 0.29) is 0 Å². The van der Waals surface area contributed by atoms with Crippen LogP contribution in [0, 0.1) is 5.82 Å². The van der Waals surface area contributed by atoms with Crippen LogP contribution in [-0.4, -0.2) is 0 Å². The first-order valence-electron chi connectivity index (χ1n) is 8.05. The Kier molecular flexibility index (Phi) is 5.75. The summed E-state index contributed by atoms with van der Waals surface area (Å²) in [5.41, 5.74) is -1.69. The second-order valence-corrected chi connectivity index (χ2v) is 11.4. The van der Waals surface area contributed by atoms with Crippen LogP contribution in [0.2, 0.25) is 0 Å². The van der Waals surface area contributed by atoms with Crippen LogP contribution in [0.1, 0.15) is 11.1 Å². The van der Waals surface area contributed by atoms with Crippen LogP contribution in [-0.2, 0) is 12.4 Å². The van der Waals surface area contributed by atoms with E-state index >= 15 is 0 Å². The number of halogens is 8. The highest BCUT2D eigenvalue weighted by Gasteiger charge is 2.34. The van der Waals surface area contributed by atoms with E-state index in [0.29, 0.717) is 14.7 Å². The second kappa shape index (κ2) is 7.68. The molecular weight excluding hydrogens is 485 g/mol. The molecule has 9 heteroatoms. The predicted octanol–water partition coefficient (Wildman–Crippen LogP) is 8.45. The highest BCUT2D eigenvalue weighted by molar-refractivity contribution is 9.58. The highest BCUT2D eigenvalue weighted by atomic mass is 79.9. The fourth-order valence-electron chi connectivity index (χ4n) is 2.69. The molecule has 0 spiro atoms. The zero-order chi connectivity index (χ0) is 21.4. The van der Waals surface area contributed by atoms with Crippen LogP contribution in [0.4, 0.5) is 30.7 Å². The van der Waals surface area contributed by atoms with E-state index in [2.05, 4.69) is 14.8 Å². The quantitative estimate of drug-likeness (QED) is 0.319. The lowest BCUT2D eigenvalue weighted by molar-refractivity contribution is -0.138. The van der Waals surface area contributed by atoms with E-state index in [0.717, 1.165) is 24.3 Å². The maximum atomic E-state index is 13.4. The van der Waals surface area contributed by atoms with Gasteiger partial charge >= 0.3 is 12.4 Å². The number of benzene rings is 3. The first-order valence-corrected chi connectivity index (χ1v) is 11.5. The van der Waals surface area contributed by atoms with Gasteiger partial charge in [0, 0.05) is 14.7 Å². The Morgan fingerprint density at radius 2 is 0.793 bits per heavy atom. The molecule has 0 fully saturated rings. The molecular formula is C20H12BrF7S. The summed E-state index contributed by atoms with van der Waals surface area (Å²) in [6.07, 6.45) is -9.04. The molecule has 0 aliphatic heterocycles. The van der Waals surface area contributed by atoms with Crippen molar-refractivity contribution in [2.45, 2.75) is 27.0 Å². The van der Waals surface area contributed by atoms with Crippen molar-refractivity contribution in [2.24, 2.45) is 0 Å². The second-order valence-electron chi connectivity index (χ2n) is 6.04. The van der Waals surface area contributed by atoms with Crippen molar-refractivity contribution in [1.82, 2.24) is 0 Å². The maximum Gasteiger partial charge on any atom is 0.416 e. The van der Waals surface area contributed by atoms with Crippen molar-refractivity contribution in [2.75, 3.05) is 0 Å². The monoisotopic (exact) mass is 496 g/mol. The summed E-state index contributed by atoms with van der Waals surface area (Å²) in [4.78, 5) is 1.38. The SMILES string of the molecule is Fc1ccc(S(Br)(c2ccc(C(F)(F)F)cc2)c2ccc(C(F)(F)F)cc2)cc1. The summed E-state index contributed by atoms with van der Waals surface area (Å²) in [7, 11) is -2.41. The summed E-state index contributed by atoms with van der Waals surface area (Å²) >= 11 is 3.58. The Morgan fingerprint density at radius 3 is 1.07 bits per heavy atom. The topological polar surface area (TPSA) is 0 Å². The molecule has 3 rings (SSSR count). The lowest BCUT2D eigenvalue weighted by atomic mass is 10.2. The van der Waals surface area contributed by atoms with Gasteiger partial charge in [0.15, 0.2) is 0 Å². The van der Waals surface area contributed by atoms with Gasteiger partial charge in [-0.25, -0.2) is 4.39 Å². The molecule has 0 saturated carbocycles. The Hall–Kier alpha value is -2.00. The Morgan fingerprint density at radius 1 is 0.517 bits per heavy atom. The highest BCUT2D eigenvalue weighted by Crippen LogP contribution is 2.74. The number of hydrogen-bond donors (Lipinski definition) is 0. The molecule has 0 amide bonds. The molecule has 0 nitrogen and oxygen atoms in total. The molecule has 3 aromatic carbocycles. The molecule has 0 N–H and O–H groups in total. The summed E-state index contributed by atoms with van der Waals surface area (Å²) in [6.45, 7) is 0. The van der Waals surface area contributed by atoms with Gasteiger partial charge in [0.25, 0.3) is 0 Å². The van der Waals surface area contributed by atoms with E-state index in [1.165, 1.54) is 48.5 Å². The minimum Gasteiger partial charge on any atom is -0.207 e. The fraction of sp³-hybridized carbons (Fsp3) is 0.100. The Labute approximate surface area is 170 Å². The minimum atomic E-state index is -4.52. The zero-order valence-electron chi connectivity index (χ0n) is 14.4. The number of rotatable bonds is 3. The summed E-state index contributed by atoms with van der Waals surface area (Å²) < 4.78 is 90.8. The molecule has 0 aliphatic carbocycles. The van der Waals surface area contributed by atoms with E-state index in [1.54, 1.807) is 0 Å². The van der Waals surface area contributed by atoms with Gasteiger partial charge in [-0.15, -0.1) is 8.46 Å². The maximum absolute atomic E-state index is 13.4. The van der Waals surface area contributed by atoms with Gasteiger partial charge in [-0.3, -0.25) is 0 Å². The molecule has 0 unspecified atom stereocenters. The molecule has 0 aliphatic rings. The van der Waals surface area contributed by atoms with Crippen molar-refractivity contribution in [1.29, 1.82) is 0 Å². The van der Waals surface area contributed by atoms with Crippen LogP contribution < -0.4 is 0 Å². The van der Waals surface area contributed by atoms with Crippen molar-refractivity contribution in [3.05, 3.63) is 89.7 Å². The Balaban J connectivity index is 2.16. The van der Waals surface area contributed by atoms with Gasteiger partial charge < -0.3 is 0 Å². The number of alkyl halides is 6. The summed E-state index contributed by atoms with van der Waals surface area (Å²) in [5.74, 6) is -0.511. The van der Waals surface area contributed by atoms with Gasteiger partial charge in [0.2, 0.25) is 0 Å². The van der Waals surface area contributed by atoms with Gasteiger partial charge in [-0.1, -0.05) is 0 Å². The summed E-state index contributed by atoms with van der Waals surface area (Å²) in [5, 5.41) is 0. The van der Waals surface area contributed by atoms with Gasteiger partial charge in [0.05, 0.1) is 11.1 Å². The molecule has 3 aromatic rings. The molecule has 29 heavy (non-hydrogen) atoms. The molecule has 0 atom stereocenters. The third-order valence-electron chi connectivity index (χ3n) is 4.15. The predicted molar refractivity (Wildman–Crippen MR) is 101 cm³/mol. The molecule has 0 saturated heterocycles. The Bertz CT molecular complexity index is 918. The van der Waals surface area contributed by atoms with Gasteiger partial charge in [-0.2, -0.15) is 26.3 Å². The number of hydrogen-bond acceptors (Lipinski definition) is 0. The normalized spacial score (nSPS) is 13.4. The van der Waals surface area contributed by atoms with Crippen molar-refractivity contribution < 1.29 is 30.7 Å². The van der Waals surface area contributed by atoms with Gasteiger partial charge in [-0.05, 0) is 87.6 Å². The van der Waals surface area contributed by atoms with E-state index in [1.807, 2.05) is 0 Å². The van der Waals surface area contributed by atoms with Gasteiger partial charge in [0.1, 0.15) is 5.82 Å². The zero-order valence-corrected chi connectivity index (χ0v) is 16.8. The van der Waals surface area contributed by atoms with Crippen LogP contribution >= 0.6 is 23.3 Å². The van der Waals surface area contributed by atoms with Crippen LogP contribution in [0.3, 0.4) is 0 Å². The van der Waals surface area contributed by atoms with Crippen molar-refractivity contribution >= 4 is 23.3 Å². The van der Waals surface area contributed by atoms with E-state index in [9.17, 15) is 30.7 Å². The first kappa shape index (κ1) is 21.7. The van der Waals surface area contributed by atoms with E-state index in [4.69, 9.17) is 0 Å². The third kappa shape index (κ3) is 4.45. The standard InChI is InChI=1S/C20H12BrF7S/c21-29(18-11-5-15(22)6-12-18,16-7-1-13(2-8-16)19(23,24)25)17-9-3-14(4-10-17)20(26,27)28/h1-12H. The van der Waals surface area contributed by atoms with Crippen molar-refractivity contribution in [3.8, 4) is 0 Å². The van der Waals surface area contributed by atoms with E-state index < -0.39 is 37.8 Å². The van der Waals surface area contributed by atoms with Crippen LogP contribution in [0.15, 0.2) is 87.5 Å². The minimum absolute atomic E-state index is 0.428. The molecule has 0 heterocycles. The molecule has 0 aromatic heterocycles. The smallest absolute Gasteiger partial charge is 0.207 e. The van der Waals surface area contributed by atoms with Crippen LogP contribution in [0.25, 0.3) is 0 Å². The largest absolute Gasteiger partial charge is 0.416 e. The lowest BCUT2D eigenvalue weighted by Gasteiger charge is -2.35. The summed E-state index contributed by atoms with van der Waals surface area (Å²) in [6, 6.07) is 14.0. The first-order chi connectivity index (χ1) is 13.4. The molecule has 0 radical (unpaired) electrons. The van der Waals surface area contributed by atoms with Crippen molar-refractivity contribution in [3.63, 3.8) is 0 Å². The third-order valence-corrected chi connectivity index (χ3v) is 10.3. The van der Waals surface area contributed by atoms with Crippen LogP contribution in [0.5, 0.6) is 0 Å². The average Bonchev–Trinajstić information content (AvgIpc) is 2.67. The average molecular weight is 497 g/mol. The molecule has 0 bridgehead atoms.